The molecule has 0 fully saturated rings. The Morgan fingerprint density at radius 3 is 2.30 bits per heavy atom. The molecule has 3 rings (SSSR count). The number of nitrogens with one attached hydrogen (secondary N) is 1. The van der Waals surface area contributed by atoms with Gasteiger partial charge in [0, 0.05) is 35.3 Å². The number of hydrogen-bond acceptors (Lipinski definition) is 4. The van der Waals surface area contributed by atoms with E-state index in [0.717, 1.165) is 22.9 Å². The second-order valence-electron chi connectivity index (χ2n) is 5.75. The number of carbonyl (C=O) groups is 1. The number of carbonyl (C=O) groups excluding carboxylic acids is 1. The molecule has 0 atom stereocenters. The lowest BCUT2D eigenvalue weighted by molar-refractivity contribution is 0.102. The molecule has 0 aromatic carbocycles. The van der Waals surface area contributed by atoms with Gasteiger partial charge < -0.3 is 5.32 Å². The van der Waals surface area contributed by atoms with Crippen LogP contribution in [0.25, 0.3) is 5.57 Å². The van der Waals surface area contributed by atoms with E-state index >= 15 is 0 Å². The molecular formula is C20H16F2N4O. The third-order valence-corrected chi connectivity index (χ3v) is 4.04. The average Bonchev–Trinajstić information content (AvgIpc) is 2.67. The molecule has 0 saturated heterocycles. The van der Waals surface area contributed by atoms with Gasteiger partial charge in [0.05, 0.1) is 11.8 Å². The second kappa shape index (κ2) is 7.82. The SMILES string of the molecule is C/C=C(\c1ccc(F)nc1)c1ccc(NC(=O)c2cncc(F)c2C)nc1. The van der Waals surface area contributed by atoms with Gasteiger partial charge in [-0.1, -0.05) is 6.08 Å². The van der Waals surface area contributed by atoms with Crippen molar-refractivity contribution in [1.29, 1.82) is 0 Å². The van der Waals surface area contributed by atoms with Crippen LogP contribution in [0.1, 0.15) is 34.0 Å². The van der Waals surface area contributed by atoms with Gasteiger partial charge in [0.2, 0.25) is 5.95 Å². The zero-order valence-electron chi connectivity index (χ0n) is 14.7. The first-order chi connectivity index (χ1) is 13.0. The quantitative estimate of drug-likeness (QED) is 0.704. The van der Waals surface area contributed by atoms with Crippen molar-refractivity contribution in [3.8, 4) is 0 Å². The number of anilines is 1. The Morgan fingerprint density at radius 2 is 1.70 bits per heavy atom. The minimum atomic E-state index is -0.549. The molecule has 1 N–H and O–H groups in total. The smallest absolute Gasteiger partial charge is 0.258 e. The van der Waals surface area contributed by atoms with Crippen LogP contribution in [0.3, 0.4) is 0 Å². The number of pyridine rings is 3. The zero-order valence-corrected chi connectivity index (χ0v) is 14.7. The Kier molecular flexibility index (Phi) is 5.30. The normalized spacial score (nSPS) is 11.3. The van der Waals surface area contributed by atoms with E-state index in [1.807, 2.05) is 13.0 Å². The van der Waals surface area contributed by atoms with Crippen LogP contribution in [-0.4, -0.2) is 20.9 Å². The largest absolute Gasteiger partial charge is 0.307 e. The van der Waals surface area contributed by atoms with Gasteiger partial charge >= 0.3 is 0 Å². The number of allylic oxidation sites excluding steroid dienone is 1. The summed E-state index contributed by atoms with van der Waals surface area (Å²) in [4.78, 5) is 23.9. The highest BCUT2D eigenvalue weighted by atomic mass is 19.1. The van der Waals surface area contributed by atoms with E-state index in [1.54, 1.807) is 24.4 Å². The van der Waals surface area contributed by atoms with Gasteiger partial charge in [-0.25, -0.2) is 14.4 Å². The molecule has 0 saturated carbocycles. The first-order valence-electron chi connectivity index (χ1n) is 8.15. The molecule has 136 valence electrons. The maximum absolute atomic E-state index is 13.6. The minimum absolute atomic E-state index is 0.146. The predicted molar refractivity (Wildman–Crippen MR) is 98.1 cm³/mol. The van der Waals surface area contributed by atoms with Gasteiger partial charge in [-0.3, -0.25) is 9.78 Å². The number of amides is 1. The number of nitrogens with zero attached hydrogens (tertiary/aromatic N) is 3. The predicted octanol–water partition coefficient (Wildman–Crippen LogP) is 4.16. The molecule has 3 heterocycles. The monoisotopic (exact) mass is 366 g/mol. The van der Waals surface area contributed by atoms with Crippen LogP contribution in [0.15, 0.2) is 55.1 Å². The maximum atomic E-state index is 13.6. The molecule has 3 aromatic rings. The lowest BCUT2D eigenvalue weighted by Gasteiger charge is -2.10. The summed E-state index contributed by atoms with van der Waals surface area (Å²) < 4.78 is 26.6. The molecule has 0 aliphatic rings. The molecular weight excluding hydrogens is 350 g/mol. The molecule has 1 amide bonds. The van der Waals surface area contributed by atoms with Crippen molar-refractivity contribution in [3.05, 3.63) is 89.1 Å². The molecule has 0 spiro atoms. The van der Waals surface area contributed by atoms with Crippen molar-refractivity contribution in [2.75, 3.05) is 5.32 Å². The van der Waals surface area contributed by atoms with Crippen molar-refractivity contribution >= 4 is 17.3 Å². The highest BCUT2D eigenvalue weighted by Crippen LogP contribution is 2.23. The lowest BCUT2D eigenvalue weighted by Crippen LogP contribution is -2.15. The van der Waals surface area contributed by atoms with Gasteiger partial charge in [-0.2, -0.15) is 4.39 Å². The van der Waals surface area contributed by atoms with Crippen molar-refractivity contribution in [1.82, 2.24) is 15.0 Å². The zero-order chi connectivity index (χ0) is 19.4. The summed E-state index contributed by atoms with van der Waals surface area (Å²) in [6, 6.07) is 6.33. The van der Waals surface area contributed by atoms with Crippen LogP contribution in [0.2, 0.25) is 0 Å². The Hall–Kier alpha value is -3.48. The number of hydrogen-bond donors (Lipinski definition) is 1. The molecule has 5 nitrogen and oxygen atoms in total. The summed E-state index contributed by atoms with van der Waals surface area (Å²) in [5, 5.41) is 2.62. The van der Waals surface area contributed by atoms with Crippen molar-refractivity contribution in [2.24, 2.45) is 0 Å². The van der Waals surface area contributed by atoms with E-state index in [0.29, 0.717) is 5.82 Å². The third kappa shape index (κ3) is 4.03. The molecule has 0 unspecified atom stereocenters. The fraction of sp³-hybridized carbons (Fsp3) is 0.100. The molecule has 7 heteroatoms. The van der Waals surface area contributed by atoms with Crippen LogP contribution >= 0.6 is 0 Å². The third-order valence-electron chi connectivity index (χ3n) is 4.04. The Balaban J connectivity index is 1.79. The highest BCUT2D eigenvalue weighted by Gasteiger charge is 2.13. The second-order valence-corrected chi connectivity index (χ2v) is 5.75. The minimum Gasteiger partial charge on any atom is -0.307 e. The van der Waals surface area contributed by atoms with E-state index in [4.69, 9.17) is 0 Å². The molecule has 27 heavy (non-hydrogen) atoms. The standard InChI is InChI=1S/C20H16F2N4O/c1-3-15(13-4-6-18(22)24-8-13)14-5-7-19(25-9-14)26-20(27)16-10-23-11-17(21)12(16)2/h3-11H,1-2H3,(H,25,26,27)/b15-3+. The van der Waals surface area contributed by atoms with Gasteiger partial charge in [0.1, 0.15) is 11.6 Å². The lowest BCUT2D eigenvalue weighted by atomic mass is 10.0. The Bertz CT molecular complexity index is 999. The molecule has 3 aromatic heterocycles. The van der Waals surface area contributed by atoms with E-state index in [-0.39, 0.29) is 11.1 Å². The number of aromatic nitrogens is 3. The van der Waals surface area contributed by atoms with Crippen LogP contribution in [0, 0.1) is 18.7 Å². The number of rotatable bonds is 4. The fourth-order valence-electron chi connectivity index (χ4n) is 2.57. The van der Waals surface area contributed by atoms with E-state index in [2.05, 4.69) is 20.3 Å². The van der Waals surface area contributed by atoms with Gasteiger partial charge in [0.25, 0.3) is 5.91 Å². The van der Waals surface area contributed by atoms with Gasteiger partial charge in [-0.05, 0) is 43.7 Å². The summed E-state index contributed by atoms with van der Waals surface area (Å²) >= 11 is 0. The van der Waals surface area contributed by atoms with Crippen LogP contribution in [0.4, 0.5) is 14.6 Å². The fourth-order valence-corrected chi connectivity index (χ4v) is 2.57. The van der Waals surface area contributed by atoms with E-state index in [1.165, 1.54) is 25.4 Å². The topological polar surface area (TPSA) is 67.8 Å². The van der Waals surface area contributed by atoms with Crippen LogP contribution in [-0.2, 0) is 0 Å². The molecule has 0 bridgehead atoms. The summed E-state index contributed by atoms with van der Waals surface area (Å²) in [6.45, 7) is 3.37. The van der Waals surface area contributed by atoms with Crippen molar-refractivity contribution in [3.63, 3.8) is 0 Å². The van der Waals surface area contributed by atoms with E-state index in [9.17, 15) is 13.6 Å². The summed E-state index contributed by atoms with van der Waals surface area (Å²) in [5.74, 6) is -1.27. The maximum Gasteiger partial charge on any atom is 0.258 e. The van der Waals surface area contributed by atoms with E-state index < -0.39 is 17.7 Å². The van der Waals surface area contributed by atoms with Crippen molar-refractivity contribution in [2.45, 2.75) is 13.8 Å². The molecule has 0 aliphatic heterocycles. The Labute approximate surface area is 154 Å². The summed E-state index contributed by atoms with van der Waals surface area (Å²) in [6.07, 6.45) is 7.26. The number of halogens is 2. The van der Waals surface area contributed by atoms with Gasteiger partial charge in [-0.15, -0.1) is 0 Å². The first-order valence-corrected chi connectivity index (χ1v) is 8.15. The highest BCUT2D eigenvalue weighted by molar-refractivity contribution is 6.04. The van der Waals surface area contributed by atoms with Crippen LogP contribution in [0.5, 0.6) is 0 Å². The summed E-state index contributed by atoms with van der Waals surface area (Å²) in [7, 11) is 0. The first kappa shape index (κ1) is 18.3. The summed E-state index contributed by atoms with van der Waals surface area (Å²) in [5.41, 5.74) is 2.73. The van der Waals surface area contributed by atoms with Crippen LogP contribution < -0.4 is 5.32 Å². The molecule has 0 aliphatic carbocycles. The van der Waals surface area contributed by atoms with Crippen molar-refractivity contribution < 1.29 is 13.6 Å². The Morgan fingerprint density at radius 1 is 1.00 bits per heavy atom. The molecule has 0 radical (unpaired) electrons. The van der Waals surface area contributed by atoms with Gasteiger partial charge in [0.15, 0.2) is 0 Å². The average molecular weight is 366 g/mol.